The van der Waals surface area contributed by atoms with Crippen molar-refractivity contribution in [1.29, 1.82) is 0 Å². The van der Waals surface area contributed by atoms with Gasteiger partial charge in [-0.25, -0.2) is 8.42 Å². The van der Waals surface area contributed by atoms with E-state index in [2.05, 4.69) is 5.32 Å². The van der Waals surface area contributed by atoms with Crippen molar-refractivity contribution in [2.45, 2.75) is 51.6 Å². The third-order valence-electron chi connectivity index (χ3n) is 6.40. The molecule has 3 aromatic rings. The molecule has 39 heavy (non-hydrogen) atoms. The molecule has 0 spiro atoms. The predicted molar refractivity (Wildman–Crippen MR) is 157 cm³/mol. The van der Waals surface area contributed by atoms with Crippen molar-refractivity contribution in [2.75, 3.05) is 17.4 Å². The summed E-state index contributed by atoms with van der Waals surface area (Å²) in [5.41, 5.74) is 2.75. The highest BCUT2D eigenvalue weighted by Gasteiger charge is 2.34. The van der Waals surface area contributed by atoms with Crippen LogP contribution in [-0.2, 0) is 26.2 Å². The van der Waals surface area contributed by atoms with Crippen LogP contribution in [0.4, 0.5) is 5.69 Å². The van der Waals surface area contributed by atoms with Gasteiger partial charge in [-0.2, -0.15) is 0 Å². The van der Waals surface area contributed by atoms with E-state index >= 15 is 0 Å². The molecule has 0 heterocycles. The Labute approximate surface area is 240 Å². The Morgan fingerprint density at radius 2 is 1.62 bits per heavy atom. The maximum absolute atomic E-state index is 14.0. The van der Waals surface area contributed by atoms with E-state index in [0.29, 0.717) is 13.0 Å². The van der Waals surface area contributed by atoms with Crippen molar-refractivity contribution < 1.29 is 18.0 Å². The number of likely N-dealkylation sites (N-methyl/N-ethyl adjacent to an activating group) is 1. The average molecular weight is 591 g/mol. The van der Waals surface area contributed by atoms with Gasteiger partial charge in [-0.05, 0) is 68.7 Å². The largest absolute Gasteiger partial charge is 0.355 e. The van der Waals surface area contributed by atoms with Crippen LogP contribution in [0, 0.1) is 13.8 Å². The molecule has 1 N–H and O–H groups in total. The fourth-order valence-electron chi connectivity index (χ4n) is 4.21. The van der Waals surface area contributed by atoms with Gasteiger partial charge in [0, 0.05) is 18.1 Å². The summed E-state index contributed by atoms with van der Waals surface area (Å²) in [6.45, 7) is 7.32. The number of benzene rings is 3. The second kappa shape index (κ2) is 13.3. The molecular weight excluding hydrogens is 557 g/mol. The molecule has 1 atom stereocenters. The van der Waals surface area contributed by atoms with E-state index in [1.807, 2.05) is 45.0 Å². The van der Waals surface area contributed by atoms with Gasteiger partial charge >= 0.3 is 0 Å². The number of hydrogen-bond donors (Lipinski definition) is 1. The Morgan fingerprint density at radius 3 is 2.23 bits per heavy atom. The molecule has 0 radical (unpaired) electrons. The van der Waals surface area contributed by atoms with Crippen LogP contribution in [0.2, 0.25) is 10.0 Å². The number of hydrogen-bond acceptors (Lipinski definition) is 4. The number of aryl methyl sites for hydroxylation is 2. The van der Waals surface area contributed by atoms with Crippen molar-refractivity contribution in [3.63, 3.8) is 0 Å². The lowest BCUT2D eigenvalue weighted by Crippen LogP contribution is -2.52. The molecule has 0 aliphatic heterocycles. The summed E-state index contributed by atoms with van der Waals surface area (Å²) in [6.07, 6.45) is 0.339. The number of halogens is 2. The first kappa shape index (κ1) is 30.5. The van der Waals surface area contributed by atoms with Gasteiger partial charge in [0.15, 0.2) is 0 Å². The fraction of sp³-hybridized carbons (Fsp3) is 0.310. The van der Waals surface area contributed by atoms with Crippen molar-refractivity contribution >= 4 is 50.7 Å². The number of anilines is 1. The Kier molecular flexibility index (Phi) is 10.4. The Bertz CT molecular complexity index is 1430. The van der Waals surface area contributed by atoms with E-state index in [1.165, 1.54) is 29.2 Å². The van der Waals surface area contributed by atoms with E-state index in [1.54, 1.807) is 25.1 Å². The molecule has 7 nitrogen and oxygen atoms in total. The number of nitrogens with zero attached hydrogens (tertiary/aromatic N) is 2. The fourth-order valence-corrected chi connectivity index (χ4v) is 6.07. The highest BCUT2D eigenvalue weighted by Crippen LogP contribution is 2.33. The summed E-state index contributed by atoms with van der Waals surface area (Å²) in [5.74, 6) is -0.862. The summed E-state index contributed by atoms with van der Waals surface area (Å²) in [5, 5.41) is 3.17. The van der Waals surface area contributed by atoms with Crippen LogP contribution in [0.25, 0.3) is 0 Å². The lowest BCUT2D eigenvalue weighted by atomic mass is 10.1. The van der Waals surface area contributed by atoms with Crippen LogP contribution in [0.15, 0.2) is 71.6 Å². The second-order valence-electron chi connectivity index (χ2n) is 9.19. The maximum Gasteiger partial charge on any atom is 0.264 e. The van der Waals surface area contributed by atoms with Crippen LogP contribution in [0.3, 0.4) is 0 Å². The number of carbonyl (C=O) groups excluding carboxylic acids is 2. The van der Waals surface area contributed by atoms with Crippen LogP contribution in [0.5, 0.6) is 0 Å². The van der Waals surface area contributed by atoms with Crippen LogP contribution in [0.1, 0.15) is 37.0 Å². The molecule has 2 amide bonds. The first-order chi connectivity index (χ1) is 18.5. The van der Waals surface area contributed by atoms with Crippen LogP contribution < -0.4 is 9.62 Å². The summed E-state index contributed by atoms with van der Waals surface area (Å²) in [7, 11) is -4.24. The lowest BCUT2D eigenvalue weighted by molar-refractivity contribution is -0.140. The SMILES string of the molecule is CCNC(=O)[C@H](CC)N(Cc1ccccc1C)C(=O)CN(c1cc(Cl)ccc1Cl)S(=O)(=O)c1ccc(C)cc1. The smallest absolute Gasteiger partial charge is 0.264 e. The monoisotopic (exact) mass is 589 g/mol. The summed E-state index contributed by atoms with van der Waals surface area (Å²) >= 11 is 12.7. The molecule has 3 rings (SSSR count). The predicted octanol–water partition coefficient (Wildman–Crippen LogP) is 5.75. The van der Waals surface area contributed by atoms with Crippen molar-refractivity contribution in [1.82, 2.24) is 10.2 Å². The highest BCUT2D eigenvalue weighted by atomic mass is 35.5. The van der Waals surface area contributed by atoms with E-state index in [-0.39, 0.29) is 33.1 Å². The average Bonchev–Trinajstić information content (AvgIpc) is 2.90. The zero-order valence-electron chi connectivity index (χ0n) is 22.4. The van der Waals surface area contributed by atoms with E-state index in [0.717, 1.165) is 21.0 Å². The Hall–Kier alpha value is -3.07. The molecule has 3 aromatic carbocycles. The third kappa shape index (κ3) is 7.32. The summed E-state index contributed by atoms with van der Waals surface area (Å²) in [4.78, 5) is 28.5. The van der Waals surface area contributed by atoms with Crippen molar-refractivity contribution in [3.05, 3.63) is 93.5 Å². The van der Waals surface area contributed by atoms with Gasteiger partial charge in [0.05, 0.1) is 15.6 Å². The standard InChI is InChI=1S/C29H33Cl2N3O4S/c1-5-26(29(36)32-6-2)33(18-22-10-8-7-9-21(22)4)28(35)19-34(27-17-23(30)13-16-25(27)31)39(37,38)24-14-11-20(3)12-15-24/h7-17,26H,5-6,18-19H2,1-4H3,(H,32,36)/t26-/m0/s1. The van der Waals surface area contributed by atoms with Crippen LogP contribution in [-0.4, -0.2) is 44.3 Å². The number of rotatable bonds is 11. The summed E-state index contributed by atoms with van der Waals surface area (Å²) in [6, 6.07) is 17.5. The van der Waals surface area contributed by atoms with Gasteiger partial charge in [-0.15, -0.1) is 0 Å². The minimum Gasteiger partial charge on any atom is -0.355 e. The minimum atomic E-state index is -4.24. The second-order valence-corrected chi connectivity index (χ2v) is 11.9. The minimum absolute atomic E-state index is 0.00170. The molecule has 0 aliphatic carbocycles. The highest BCUT2D eigenvalue weighted by molar-refractivity contribution is 7.92. The summed E-state index contributed by atoms with van der Waals surface area (Å²) < 4.78 is 28.8. The zero-order valence-corrected chi connectivity index (χ0v) is 24.8. The van der Waals surface area contributed by atoms with E-state index in [4.69, 9.17) is 23.2 Å². The van der Waals surface area contributed by atoms with E-state index < -0.39 is 28.5 Å². The molecular formula is C29H33Cl2N3O4S. The van der Waals surface area contributed by atoms with Crippen molar-refractivity contribution in [3.8, 4) is 0 Å². The molecule has 0 unspecified atom stereocenters. The maximum atomic E-state index is 14.0. The molecule has 0 aromatic heterocycles. The third-order valence-corrected chi connectivity index (χ3v) is 8.73. The topological polar surface area (TPSA) is 86.8 Å². The Morgan fingerprint density at radius 1 is 0.949 bits per heavy atom. The zero-order chi connectivity index (χ0) is 28.7. The van der Waals surface area contributed by atoms with Gasteiger partial charge in [-0.3, -0.25) is 13.9 Å². The van der Waals surface area contributed by atoms with E-state index in [9.17, 15) is 18.0 Å². The molecule has 0 saturated heterocycles. The number of amides is 2. The first-order valence-corrected chi connectivity index (χ1v) is 14.8. The van der Waals surface area contributed by atoms with Gasteiger partial charge in [0.1, 0.15) is 12.6 Å². The molecule has 10 heteroatoms. The first-order valence-electron chi connectivity index (χ1n) is 12.7. The van der Waals surface area contributed by atoms with Crippen molar-refractivity contribution in [2.24, 2.45) is 0 Å². The Balaban J connectivity index is 2.12. The molecule has 0 bridgehead atoms. The van der Waals surface area contributed by atoms with Crippen LogP contribution >= 0.6 is 23.2 Å². The van der Waals surface area contributed by atoms with Gasteiger partial charge in [-0.1, -0.05) is 72.1 Å². The van der Waals surface area contributed by atoms with Gasteiger partial charge in [0.2, 0.25) is 11.8 Å². The number of sulfonamides is 1. The lowest BCUT2D eigenvalue weighted by Gasteiger charge is -2.33. The molecule has 0 fully saturated rings. The quantitative estimate of drug-likeness (QED) is 0.308. The molecule has 0 aliphatic rings. The molecule has 208 valence electrons. The number of nitrogens with one attached hydrogen (secondary N) is 1. The van der Waals surface area contributed by atoms with Gasteiger partial charge in [0.25, 0.3) is 10.0 Å². The normalized spacial score (nSPS) is 12.1. The molecule has 0 saturated carbocycles. The number of carbonyl (C=O) groups is 2. The van der Waals surface area contributed by atoms with Gasteiger partial charge < -0.3 is 10.2 Å².